The molecule has 1 aromatic carbocycles. The molecule has 0 spiro atoms. The van der Waals surface area contributed by atoms with Crippen molar-refractivity contribution in [2.75, 3.05) is 20.2 Å². The normalized spacial score (nSPS) is 16.6. The van der Waals surface area contributed by atoms with E-state index in [0.717, 1.165) is 16.9 Å². The van der Waals surface area contributed by atoms with Crippen LogP contribution in [0.15, 0.2) is 18.2 Å². The van der Waals surface area contributed by atoms with E-state index in [0.29, 0.717) is 31.8 Å². The molecule has 1 amide bonds. The molecule has 1 fully saturated rings. The highest BCUT2D eigenvalue weighted by molar-refractivity contribution is 5.81. The summed E-state index contributed by atoms with van der Waals surface area (Å²) in [5.41, 5.74) is 2.22. The molecule has 1 unspecified atom stereocenters. The molecule has 0 radical (unpaired) electrons. The van der Waals surface area contributed by atoms with Crippen molar-refractivity contribution in [3.05, 3.63) is 29.3 Å². The molecular weight excluding hydrogens is 318 g/mol. The molecule has 1 aliphatic rings. The van der Waals surface area contributed by atoms with Crippen molar-refractivity contribution < 1.29 is 19.1 Å². The number of aryl methyl sites for hydroxylation is 1. The van der Waals surface area contributed by atoms with Gasteiger partial charge < -0.3 is 14.4 Å². The highest BCUT2D eigenvalue weighted by atomic mass is 16.5. The third-order valence-corrected chi connectivity index (χ3v) is 4.78. The van der Waals surface area contributed by atoms with Gasteiger partial charge in [0, 0.05) is 13.1 Å². The molecule has 2 rings (SSSR count). The summed E-state index contributed by atoms with van der Waals surface area (Å²) >= 11 is 0. The number of carbonyl (C=O) groups is 2. The quantitative estimate of drug-likeness (QED) is 0.767. The van der Waals surface area contributed by atoms with Crippen LogP contribution in [0, 0.1) is 12.8 Å². The Labute approximate surface area is 150 Å². The summed E-state index contributed by atoms with van der Waals surface area (Å²) in [6, 6.07) is 6.11. The van der Waals surface area contributed by atoms with Gasteiger partial charge in [-0.05, 0) is 49.8 Å². The monoisotopic (exact) mass is 347 g/mol. The Morgan fingerprint density at radius 2 is 1.80 bits per heavy atom. The van der Waals surface area contributed by atoms with Gasteiger partial charge in [0.25, 0.3) is 5.91 Å². The minimum absolute atomic E-state index is 0.0282. The number of nitrogens with zero attached hydrogens (tertiary/aromatic N) is 1. The van der Waals surface area contributed by atoms with Gasteiger partial charge in [-0.25, -0.2) is 0 Å². The van der Waals surface area contributed by atoms with Crippen LogP contribution >= 0.6 is 0 Å². The van der Waals surface area contributed by atoms with E-state index in [4.69, 9.17) is 9.47 Å². The van der Waals surface area contributed by atoms with Gasteiger partial charge >= 0.3 is 5.97 Å². The largest absolute Gasteiger partial charge is 0.481 e. The van der Waals surface area contributed by atoms with E-state index in [9.17, 15) is 9.59 Å². The summed E-state index contributed by atoms with van der Waals surface area (Å²) in [7, 11) is 1.41. The highest BCUT2D eigenvalue weighted by Gasteiger charge is 2.30. The Kier molecular flexibility index (Phi) is 6.45. The SMILES string of the molecule is COC(=O)C1CCN(C(=O)C(C)Oc2cc(C)ccc2C(C)C)CC1. The van der Waals surface area contributed by atoms with Crippen molar-refractivity contribution in [2.45, 2.75) is 52.6 Å². The third-order valence-electron chi connectivity index (χ3n) is 4.78. The van der Waals surface area contributed by atoms with Gasteiger partial charge in [0.05, 0.1) is 13.0 Å². The molecule has 1 saturated heterocycles. The fourth-order valence-corrected chi connectivity index (χ4v) is 3.22. The van der Waals surface area contributed by atoms with Gasteiger partial charge in [0.15, 0.2) is 6.10 Å². The predicted molar refractivity (Wildman–Crippen MR) is 96.7 cm³/mol. The van der Waals surface area contributed by atoms with Crippen LogP contribution < -0.4 is 4.74 Å². The number of amides is 1. The standard InChI is InChI=1S/C20H29NO4/c1-13(2)17-7-6-14(3)12-18(17)25-15(4)19(22)21-10-8-16(9-11-21)20(23)24-5/h6-7,12-13,15-16H,8-11H2,1-5H3. The molecule has 0 saturated carbocycles. The molecule has 25 heavy (non-hydrogen) atoms. The van der Waals surface area contributed by atoms with Crippen molar-refractivity contribution >= 4 is 11.9 Å². The first kappa shape index (κ1) is 19.3. The number of ether oxygens (including phenoxy) is 2. The van der Waals surface area contributed by atoms with Gasteiger partial charge in [-0.2, -0.15) is 0 Å². The first-order chi connectivity index (χ1) is 11.8. The lowest BCUT2D eigenvalue weighted by Gasteiger charge is -2.32. The second kappa shape index (κ2) is 8.37. The number of piperidine rings is 1. The lowest BCUT2D eigenvalue weighted by molar-refractivity contribution is -0.150. The number of carbonyl (C=O) groups excluding carboxylic acids is 2. The Bertz CT molecular complexity index is 618. The number of benzene rings is 1. The number of rotatable bonds is 5. The van der Waals surface area contributed by atoms with E-state index in [1.54, 1.807) is 11.8 Å². The molecule has 1 heterocycles. The Balaban J connectivity index is 2.00. The third kappa shape index (κ3) is 4.74. The summed E-state index contributed by atoms with van der Waals surface area (Å²) in [5, 5.41) is 0. The minimum atomic E-state index is -0.547. The van der Waals surface area contributed by atoms with E-state index >= 15 is 0 Å². The molecule has 1 aliphatic heterocycles. The molecule has 138 valence electrons. The van der Waals surface area contributed by atoms with Crippen LogP contribution in [-0.4, -0.2) is 43.1 Å². The van der Waals surface area contributed by atoms with E-state index in [1.807, 2.05) is 13.0 Å². The number of likely N-dealkylation sites (tertiary alicyclic amines) is 1. The molecule has 5 heteroatoms. The van der Waals surface area contributed by atoms with Crippen molar-refractivity contribution in [1.82, 2.24) is 4.90 Å². The molecule has 0 bridgehead atoms. The zero-order valence-corrected chi connectivity index (χ0v) is 15.9. The lowest BCUT2D eigenvalue weighted by Crippen LogP contribution is -2.45. The molecule has 0 aliphatic carbocycles. The van der Waals surface area contributed by atoms with Crippen LogP contribution in [0.2, 0.25) is 0 Å². The molecule has 0 N–H and O–H groups in total. The summed E-state index contributed by atoms with van der Waals surface area (Å²) < 4.78 is 10.8. The van der Waals surface area contributed by atoms with Crippen LogP contribution in [0.25, 0.3) is 0 Å². The summed E-state index contributed by atoms with van der Waals surface area (Å²) in [6.45, 7) is 9.17. The zero-order chi connectivity index (χ0) is 18.6. The van der Waals surface area contributed by atoms with Gasteiger partial charge in [-0.1, -0.05) is 26.0 Å². The molecule has 0 aromatic heterocycles. The van der Waals surface area contributed by atoms with E-state index in [2.05, 4.69) is 26.0 Å². The summed E-state index contributed by atoms with van der Waals surface area (Å²) in [4.78, 5) is 26.1. The number of hydrogen-bond acceptors (Lipinski definition) is 4. The van der Waals surface area contributed by atoms with E-state index in [-0.39, 0.29) is 17.8 Å². The smallest absolute Gasteiger partial charge is 0.308 e. The van der Waals surface area contributed by atoms with Crippen molar-refractivity contribution in [2.24, 2.45) is 5.92 Å². The molecule has 5 nitrogen and oxygen atoms in total. The molecule has 1 aromatic rings. The van der Waals surface area contributed by atoms with Crippen LogP contribution in [0.4, 0.5) is 0 Å². The number of hydrogen-bond donors (Lipinski definition) is 0. The number of methoxy groups -OCH3 is 1. The van der Waals surface area contributed by atoms with E-state index in [1.165, 1.54) is 7.11 Å². The van der Waals surface area contributed by atoms with Crippen LogP contribution in [-0.2, 0) is 14.3 Å². The maximum absolute atomic E-state index is 12.7. The first-order valence-electron chi connectivity index (χ1n) is 8.97. The second-order valence-corrected chi connectivity index (χ2v) is 7.08. The Hall–Kier alpha value is -2.04. The average molecular weight is 347 g/mol. The van der Waals surface area contributed by atoms with Crippen molar-refractivity contribution in [3.8, 4) is 5.75 Å². The lowest BCUT2D eigenvalue weighted by atomic mass is 9.96. The highest BCUT2D eigenvalue weighted by Crippen LogP contribution is 2.29. The van der Waals surface area contributed by atoms with Crippen LogP contribution in [0.5, 0.6) is 5.75 Å². The van der Waals surface area contributed by atoms with E-state index < -0.39 is 6.10 Å². The summed E-state index contributed by atoms with van der Waals surface area (Å²) in [5.74, 6) is 0.792. The van der Waals surface area contributed by atoms with Crippen LogP contribution in [0.3, 0.4) is 0 Å². The fourth-order valence-electron chi connectivity index (χ4n) is 3.22. The van der Waals surface area contributed by atoms with Crippen LogP contribution in [0.1, 0.15) is 50.7 Å². The maximum atomic E-state index is 12.7. The second-order valence-electron chi connectivity index (χ2n) is 7.08. The molecule has 1 atom stereocenters. The molecular formula is C20H29NO4. The fraction of sp³-hybridized carbons (Fsp3) is 0.600. The Morgan fingerprint density at radius 1 is 1.16 bits per heavy atom. The number of esters is 1. The van der Waals surface area contributed by atoms with Gasteiger partial charge in [0.1, 0.15) is 5.75 Å². The maximum Gasteiger partial charge on any atom is 0.308 e. The average Bonchev–Trinajstić information content (AvgIpc) is 2.60. The van der Waals surface area contributed by atoms with Gasteiger partial charge in [0.2, 0.25) is 0 Å². The summed E-state index contributed by atoms with van der Waals surface area (Å²) in [6.07, 6.45) is 0.744. The topological polar surface area (TPSA) is 55.8 Å². The Morgan fingerprint density at radius 3 is 2.36 bits per heavy atom. The van der Waals surface area contributed by atoms with Crippen molar-refractivity contribution in [3.63, 3.8) is 0 Å². The van der Waals surface area contributed by atoms with Gasteiger partial charge in [-0.3, -0.25) is 9.59 Å². The first-order valence-corrected chi connectivity index (χ1v) is 8.97. The zero-order valence-electron chi connectivity index (χ0n) is 15.9. The van der Waals surface area contributed by atoms with Gasteiger partial charge in [-0.15, -0.1) is 0 Å². The minimum Gasteiger partial charge on any atom is -0.481 e. The van der Waals surface area contributed by atoms with Crippen molar-refractivity contribution in [1.29, 1.82) is 0 Å². The predicted octanol–water partition coefficient (Wildman–Crippen LogP) is 3.30.